The molecule has 2 aliphatic rings. The molecular formula is C18H20ClN5O. The number of carbonyl (C=O) groups is 1. The lowest BCUT2D eigenvalue weighted by Gasteiger charge is -2.26. The number of aromatic nitrogens is 3. The molecule has 0 aromatic carbocycles. The molecule has 25 heavy (non-hydrogen) atoms. The highest BCUT2D eigenvalue weighted by molar-refractivity contribution is 6.32. The summed E-state index contributed by atoms with van der Waals surface area (Å²) in [5.74, 6) is 0.674. The van der Waals surface area contributed by atoms with Gasteiger partial charge in [-0.05, 0) is 43.7 Å². The van der Waals surface area contributed by atoms with Crippen LogP contribution in [-0.4, -0.2) is 40.0 Å². The molecule has 6 nitrogen and oxygen atoms in total. The fourth-order valence-corrected chi connectivity index (χ4v) is 3.90. The molecule has 2 aromatic rings. The van der Waals surface area contributed by atoms with Gasteiger partial charge in [-0.25, -0.2) is 9.97 Å². The Morgan fingerprint density at radius 2 is 2.28 bits per heavy atom. The molecule has 2 aromatic heterocycles. The summed E-state index contributed by atoms with van der Waals surface area (Å²) in [6.45, 7) is 3.35. The van der Waals surface area contributed by atoms with Crippen molar-refractivity contribution in [3.63, 3.8) is 0 Å². The summed E-state index contributed by atoms with van der Waals surface area (Å²) in [4.78, 5) is 27.2. The van der Waals surface area contributed by atoms with E-state index in [0.717, 1.165) is 24.5 Å². The predicted octanol–water partition coefficient (Wildman–Crippen LogP) is 2.62. The van der Waals surface area contributed by atoms with E-state index < -0.39 is 0 Å². The lowest BCUT2D eigenvalue weighted by atomic mass is 10.0. The monoisotopic (exact) mass is 357 g/mol. The average Bonchev–Trinajstić information content (AvgIpc) is 3.26. The Labute approximate surface area is 151 Å². The van der Waals surface area contributed by atoms with Gasteiger partial charge in [0.15, 0.2) is 5.82 Å². The number of pyridine rings is 1. The van der Waals surface area contributed by atoms with Crippen molar-refractivity contribution in [1.82, 2.24) is 20.3 Å². The van der Waals surface area contributed by atoms with Crippen LogP contribution < -0.4 is 10.2 Å². The highest BCUT2D eigenvalue weighted by atomic mass is 35.5. The lowest BCUT2D eigenvalue weighted by molar-refractivity contribution is 0.0950. The number of rotatable bonds is 4. The van der Waals surface area contributed by atoms with Gasteiger partial charge in [0.25, 0.3) is 5.91 Å². The highest BCUT2D eigenvalue weighted by Crippen LogP contribution is 2.55. The third-order valence-electron chi connectivity index (χ3n) is 5.24. The van der Waals surface area contributed by atoms with Crippen LogP contribution in [0.25, 0.3) is 0 Å². The van der Waals surface area contributed by atoms with Crippen molar-refractivity contribution in [3.8, 4) is 0 Å². The maximum atomic E-state index is 12.5. The number of amides is 1. The Kier molecular flexibility index (Phi) is 4.07. The zero-order valence-electron chi connectivity index (χ0n) is 14.1. The van der Waals surface area contributed by atoms with Crippen LogP contribution in [0.3, 0.4) is 0 Å². The van der Waals surface area contributed by atoms with E-state index in [-0.39, 0.29) is 11.9 Å². The van der Waals surface area contributed by atoms with Gasteiger partial charge in [-0.1, -0.05) is 11.6 Å². The number of nitrogens with one attached hydrogen (secondary N) is 1. The molecule has 1 amide bonds. The Morgan fingerprint density at radius 3 is 3.00 bits per heavy atom. The molecule has 1 aliphatic carbocycles. The second-order valence-electron chi connectivity index (χ2n) is 7.03. The molecular weight excluding hydrogens is 338 g/mol. The molecule has 2 fully saturated rings. The third-order valence-corrected chi connectivity index (χ3v) is 5.51. The van der Waals surface area contributed by atoms with Gasteiger partial charge < -0.3 is 10.2 Å². The smallest absolute Gasteiger partial charge is 0.253 e. The van der Waals surface area contributed by atoms with E-state index in [4.69, 9.17) is 11.6 Å². The molecule has 4 rings (SSSR count). The predicted molar refractivity (Wildman–Crippen MR) is 95.8 cm³/mol. The highest BCUT2D eigenvalue weighted by Gasteiger charge is 2.52. The molecule has 1 unspecified atom stereocenters. The van der Waals surface area contributed by atoms with Gasteiger partial charge >= 0.3 is 0 Å². The summed E-state index contributed by atoms with van der Waals surface area (Å²) >= 11 is 6.30. The normalized spacial score (nSPS) is 20.7. The van der Waals surface area contributed by atoms with E-state index in [0.29, 0.717) is 22.5 Å². The third kappa shape index (κ3) is 3.18. The van der Waals surface area contributed by atoms with Crippen LogP contribution in [0.1, 0.15) is 35.3 Å². The van der Waals surface area contributed by atoms with E-state index in [2.05, 4.69) is 25.2 Å². The Hall–Kier alpha value is -2.21. The van der Waals surface area contributed by atoms with Crippen molar-refractivity contribution in [2.24, 2.45) is 5.41 Å². The second-order valence-corrected chi connectivity index (χ2v) is 7.43. The number of aryl methyl sites for hydroxylation is 1. The van der Waals surface area contributed by atoms with Crippen LogP contribution in [0.5, 0.6) is 0 Å². The van der Waals surface area contributed by atoms with Crippen LogP contribution in [0, 0.1) is 12.3 Å². The van der Waals surface area contributed by atoms with E-state index >= 15 is 0 Å². The fourth-order valence-electron chi connectivity index (χ4n) is 3.68. The van der Waals surface area contributed by atoms with Gasteiger partial charge in [0.05, 0.1) is 11.8 Å². The van der Waals surface area contributed by atoms with E-state index in [1.165, 1.54) is 19.2 Å². The van der Waals surface area contributed by atoms with Crippen molar-refractivity contribution in [2.45, 2.75) is 32.2 Å². The summed E-state index contributed by atoms with van der Waals surface area (Å²) < 4.78 is 0. The fraction of sp³-hybridized carbons (Fsp3) is 0.444. The summed E-state index contributed by atoms with van der Waals surface area (Å²) in [5.41, 5.74) is 1.72. The standard InChI is InChI=1S/C18H20ClN5O/c1-12-14(3-2-6-21-12)17(25)22-8-13-7-18(4-5-18)10-24(13)16-15(19)9-20-11-23-16/h2-3,6,9,11,13H,4-5,7-8,10H2,1H3,(H,22,25). The van der Waals surface area contributed by atoms with Gasteiger partial charge in [0, 0.05) is 31.0 Å². The van der Waals surface area contributed by atoms with Crippen molar-refractivity contribution >= 4 is 23.3 Å². The lowest BCUT2D eigenvalue weighted by Crippen LogP contribution is -2.41. The number of hydrogen-bond acceptors (Lipinski definition) is 5. The van der Waals surface area contributed by atoms with Gasteiger partial charge in [-0.2, -0.15) is 0 Å². The maximum absolute atomic E-state index is 12.5. The first kappa shape index (κ1) is 16.3. The molecule has 0 radical (unpaired) electrons. The molecule has 1 saturated carbocycles. The summed E-state index contributed by atoms with van der Waals surface area (Å²) in [6.07, 6.45) is 8.36. The summed E-state index contributed by atoms with van der Waals surface area (Å²) in [6, 6.07) is 3.77. The van der Waals surface area contributed by atoms with E-state index in [1.807, 2.05) is 6.92 Å². The zero-order valence-corrected chi connectivity index (χ0v) is 14.8. The molecule has 1 N–H and O–H groups in total. The van der Waals surface area contributed by atoms with Crippen LogP contribution in [0.2, 0.25) is 5.02 Å². The quantitative estimate of drug-likeness (QED) is 0.910. The Balaban J connectivity index is 1.49. The minimum Gasteiger partial charge on any atom is -0.350 e. The van der Waals surface area contributed by atoms with E-state index in [9.17, 15) is 4.79 Å². The van der Waals surface area contributed by atoms with Gasteiger partial charge in [-0.3, -0.25) is 9.78 Å². The Morgan fingerprint density at radius 1 is 1.44 bits per heavy atom. The van der Waals surface area contributed by atoms with Gasteiger partial charge in [-0.15, -0.1) is 0 Å². The number of anilines is 1. The minimum atomic E-state index is -0.0870. The summed E-state index contributed by atoms with van der Waals surface area (Å²) in [7, 11) is 0. The molecule has 130 valence electrons. The number of hydrogen-bond donors (Lipinski definition) is 1. The molecule has 1 atom stereocenters. The molecule has 1 spiro atoms. The number of nitrogens with zero attached hydrogens (tertiary/aromatic N) is 4. The first-order chi connectivity index (χ1) is 12.1. The van der Waals surface area contributed by atoms with Gasteiger partial charge in [0.1, 0.15) is 11.3 Å². The SMILES string of the molecule is Cc1ncccc1C(=O)NCC1CC2(CC2)CN1c1ncncc1Cl. The van der Waals surface area contributed by atoms with Crippen LogP contribution in [-0.2, 0) is 0 Å². The van der Waals surface area contributed by atoms with Crippen molar-refractivity contribution in [3.05, 3.63) is 47.1 Å². The van der Waals surface area contributed by atoms with Crippen LogP contribution in [0.4, 0.5) is 5.82 Å². The first-order valence-corrected chi connectivity index (χ1v) is 8.88. The Bertz CT molecular complexity index is 808. The maximum Gasteiger partial charge on any atom is 0.253 e. The first-order valence-electron chi connectivity index (χ1n) is 8.50. The molecule has 1 saturated heterocycles. The van der Waals surface area contributed by atoms with E-state index in [1.54, 1.807) is 24.5 Å². The molecule has 3 heterocycles. The molecule has 7 heteroatoms. The zero-order chi connectivity index (χ0) is 17.4. The average molecular weight is 358 g/mol. The topological polar surface area (TPSA) is 71.0 Å². The second kappa shape index (κ2) is 6.26. The molecule has 0 bridgehead atoms. The van der Waals surface area contributed by atoms with Crippen LogP contribution >= 0.6 is 11.6 Å². The van der Waals surface area contributed by atoms with Gasteiger partial charge in [0.2, 0.25) is 0 Å². The minimum absolute atomic E-state index is 0.0870. The van der Waals surface area contributed by atoms with Crippen LogP contribution in [0.15, 0.2) is 30.9 Å². The van der Waals surface area contributed by atoms with Crippen molar-refractivity contribution in [2.75, 3.05) is 18.0 Å². The summed E-state index contributed by atoms with van der Waals surface area (Å²) in [5, 5.41) is 3.61. The molecule has 1 aliphatic heterocycles. The van der Waals surface area contributed by atoms with Crippen molar-refractivity contribution in [1.29, 1.82) is 0 Å². The number of carbonyl (C=O) groups excluding carboxylic acids is 1. The van der Waals surface area contributed by atoms with Crippen molar-refractivity contribution < 1.29 is 4.79 Å². The number of halogens is 1. The largest absolute Gasteiger partial charge is 0.350 e.